The van der Waals surface area contributed by atoms with Gasteiger partial charge in [0.05, 0.1) is 5.75 Å². The highest BCUT2D eigenvalue weighted by Gasteiger charge is 2.32. The van der Waals surface area contributed by atoms with Crippen molar-refractivity contribution in [3.63, 3.8) is 0 Å². The van der Waals surface area contributed by atoms with Crippen molar-refractivity contribution < 1.29 is 9.59 Å². The van der Waals surface area contributed by atoms with E-state index in [0.717, 1.165) is 28.2 Å². The second-order valence-electron chi connectivity index (χ2n) is 10.1. The fourth-order valence-corrected chi connectivity index (χ4v) is 5.31. The van der Waals surface area contributed by atoms with Gasteiger partial charge in [-0.05, 0) is 74.4 Å². The van der Waals surface area contributed by atoms with Gasteiger partial charge in [-0.25, -0.2) is 9.97 Å². The Kier molecular flexibility index (Phi) is 10.0. The van der Waals surface area contributed by atoms with Crippen molar-refractivity contribution in [3.05, 3.63) is 112 Å². The third kappa shape index (κ3) is 8.31. The Labute approximate surface area is 251 Å². The second-order valence-corrected chi connectivity index (χ2v) is 11.5. The Balaban J connectivity index is 1.69. The molecule has 1 heterocycles. The number of amides is 2. The highest BCUT2D eigenvalue weighted by Crippen LogP contribution is 2.28. The molecular weight excluding hydrogens is 554 g/mol. The summed E-state index contributed by atoms with van der Waals surface area (Å²) in [5.41, 5.74) is 5.97. The zero-order chi connectivity index (χ0) is 29.5. The van der Waals surface area contributed by atoms with Crippen LogP contribution in [-0.2, 0) is 16.1 Å². The quantitative estimate of drug-likeness (QED) is 0.166. The Bertz CT molecular complexity index is 1470. The maximum atomic E-state index is 14.0. The lowest BCUT2D eigenvalue weighted by molar-refractivity contribution is -0.137. The van der Waals surface area contributed by atoms with Crippen molar-refractivity contribution >= 4 is 46.6 Å². The molecule has 1 aromatic heterocycles. The molecule has 1 atom stereocenters. The molecule has 4 aromatic rings. The summed E-state index contributed by atoms with van der Waals surface area (Å²) in [6.07, 6.45) is 0. The van der Waals surface area contributed by atoms with Gasteiger partial charge < -0.3 is 15.1 Å². The predicted molar refractivity (Wildman–Crippen MR) is 168 cm³/mol. The summed E-state index contributed by atoms with van der Waals surface area (Å²) in [6.45, 7) is 6.00. The zero-order valence-corrected chi connectivity index (χ0v) is 25.5. The Morgan fingerprint density at radius 2 is 1.49 bits per heavy atom. The van der Waals surface area contributed by atoms with Crippen LogP contribution < -0.4 is 10.2 Å². The average Bonchev–Trinajstić information content (AvgIpc) is 2.93. The number of anilines is 2. The number of nitrogens with one attached hydrogen (secondary N) is 1. The van der Waals surface area contributed by atoms with E-state index >= 15 is 0 Å². The first kappa shape index (κ1) is 30.1. The van der Waals surface area contributed by atoms with Gasteiger partial charge in [0.1, 0.15) is 6.04 Å². The first-order valence-corrected chi connectivity index (χ1v) is 14.6. The van der Waals surface area contributed by atoms with Crippen LogP contribution in [0.3, 0.4) is 0 Å². The van der Waals surface area contributed by atoms with Crippen LogP contribution in [0.25, 0.3) is 0 Å². The summed E-state index contributed by atoms with van der Waals surface area (Å²) in [4.78, 5) is 40.5. The molecule has 0 radical (unpaired) electrons. The third-order valence-electron chi connectivity index (χ3n) is 6.48. The number of rotatable bonds is 10. The number of nitrogens with zero attached hydrogens (tertiary/aromatic N) is 4. The molecule has 0 saturated carbocycles. The summed E-state index contributed by atoms with van der Waals surface area (Å²) >= 11 is 7.40. The summed E-state index contributed by atoms with van der Waals surface area (Å²) in [6, 6.07) is 23.6. The topological polar surface area (TPSA) is 78.4 Å². The van der Waals surface area contributed by atoms with Gasteiger partial charge in [-0.3, -0.25) is 9.59 Å². The molecule has 0 fully saturated rings. The highest BCUT2D eigenvalue weighted by molar-refractivity contribution is 7.99. The van der Waals surface area contributed by atoms with Gasteiger partial charge in [0.15, 0.2) is 5.16 Å². The number of hydrogen-bond donors (Lipinski definition) is 1. The number of hydrogen-bond acceptors (Lipinski definition) is 6. The molecular formula is C32H34ClN5O2S. The molecule has 1 N–H and O–H groups in total. The maximum absolute atomic E-state index is 14.0. The number of aromatic nitrogens is 2. The molecule has 212 valence electrons. The van der Waals surface area contributed by atoms with Crippen molar-refractivity contribution in [1.29, 1.82) is 0 Å². The van der Waals surface area contributed by atoms with Gasteiger partial charge in [-0.2, -0.15) is 0 Å². The molecule has 0 aliphatic carbocycles. The predicted octanol–water partition coefficient (Wildman–Crippen LogP) is 6.62. The number of benzene rings is 3. The van der Waals surface area contributed by atoms with Gasteiger partial charge in [0, 0.05) is 48.4 Å². The number of halogens is 1. The standard InChI is InChI=1S/C32H34ClN5O2S/c1-21-6-10-25(11-7-21)30(31(40)36-27-14-16-28(17-15-27)37(4)5)38(19-24-8-12-26(33)13-9-24)29(39)20-41-32-34-22(2)18-23(3)35-32/h6-18,30H,19-20H2,1-5H3,(H,36,40)/t30-/m1/s1. The Hall–Kier alpha value is -3.88. The van der Waals surface area contributed by atoms with E-state index < -0.39 is 6.04 Å². The molecule has 0 saturated heterocycles. The third-order valence-corrected chi connectivity index (χ3v) is 7.56. The average molecular weight is 588 g/mol. The summed E-state index contributed by atoms with van der Waals surface area (Å²) < 4.78 is 0. The van der Waals surface area contributed by atoms with E-state index in [0.29, 0.717) is 21.4 Å². The SMILES string of the molecule is Cc1ccc([C@H](C(=O)Nc2ccc(N(C)C)cc2)N(Cc2ccc(Cl)cc2)C(=O)CSc2nc(C)cc(C)n2)cc1. The molecule has 0 unspecified atom stereocenters. The molecule has 4 rings (SSSR count). The number of thioether (sulfide) groups is 1. The van der Waals surface area contributed by atoms with Gasteiger partial charge in [-0.15, -0.1) is 0 Å². The monoisotopic (exact) mass is 587 g/mol. The number of aryl methyl sites for hydroxylation is 3. The molecule has 7 nitrogen and oxygen atoms in total. The van der Waals surface area contributed by atoms with Gasteiger partial charge in [0.2, 0.25) is 5.91 Å². The largest absolute Gasteiger partial charge is 0.378 e. The van der Waals surface area contributed by atoms with Crippen molar-refractivity contribution in [1.82, 2.24) is 14.9 Å². The molecule has 41 heavy (non-hydrogen) atoms. The van der Waals surface area contributed by atoms with E-state index in [-0.39, 0.29) is 24.1 Å². The first-order chi connectivity index (χ1) is 19.6. The molecule has 0 aliphatic rings. The van der Waals surface area contributed by atoms with Crippen LogP contribution in [0.1, 0.15) is 34.1 Å². The molecule has 3 aromatic carbocycles. The minimum Gasteiger partial charge on any atom is -0.378 e. The van der Waals surface area contributed by atoms with Gasteiger partial charge in [0.25, 0.3) is 5.91 Å². The number of carbonyl (C=O) groups is 2. The van der Waals surface area contributed by atoms with E-state index in [1.807, 2.05) is 106 Å². The van der Waals surface area contributed by atoms with Crippen molar-refractivity contribution in [2.45, 2.75) is 38.5 Å². The van der Waals surface area contributed by atoms with Crippen LogP contribution in [0, 0.1) is 20.8 Å². The highest BCUT2D eigenvalue weighted by atomic mass is 35.5. The lowest BCUT2D eigenvalue weighted by Gasteiger charge is -2.31. The van der Waals surface area contributed by atoms with Crippen LogP contribution in [0.2, 0.25) is 5.02 Å². The summed E-state index contributed by atoms with van der Waals surface area (Å²) in [5.74, 6) is -0.443. The minimum atomic E-state index is -0.881. The first-order valence-electron chi connectivity index (χ1n) is 13.2. The van der Waals surface area contributed by atoms with E-state index in [9.17, 15) is 9.59 Å². The van der Waals surface area contributed by atoms with E-state index in [1.54, 1.807) is 17.0 Å². The maximum Gasteiger partial charge on any atom is 0.251 e. The Morgan fingerprint density at radius 1 is 0.878 bits per heavy atom. The van der Waals surface area contributed by atoms with Crippen LogP contribution in [0.4, 0.5) is 11.4 Å². The van der Waals surface area contributed by atoms with Crippen LogP contribution in [0.15, 0.2) is 84.0 Å². The van der Waals surface area contributed by atoms with E-state index in [2.05, 4.69) is 15.3 Å². The number of carbonyl (C=O) groups excluding carboxylic acids is 2. The van der Waals surface area contributed by atoms with Crippen molar-refractivity contribution in [3.8, 4) is 0 Å². The van der Waals surface area contributed by atoms with Crippen molar-refractivity contribution in [2.75, 3.05) is 30.1 Å². The summed E-state index contributed by atoms with van der Waals surface area (Å²) in [5, 5.41) is 4.16. The van der Waals surface area contributed by atoms with Crippen LogP contribution in [-0.4, -0.2) is 46.5 Å². The van der Waals surface area contributed by atoms with Gasteiger partial charge in [-0.1, -0.05) is 65.3 Å². The Morgan fingerprint density at radius 3 is 2.07 bits per heavy atom. The second kappa shape index (κ2) is 13.7. The fraction of sp³-hybridized carbons (Fsp3) is 0.250. The van der Waals surface area contributed by atoms with E-state index in [1.165, 1.54) is 11.8 Å². The molecule has 2 amide bonds. The van der Waals surface area contributed by atoms with Crippen LogP contribution >= 0.6 is 23.4 Å². The van der Waals surface area contributed by atoms with E-state index in [4.69, 9.17) is 11.6 Å². The zero-order valence-electron chi connectivity index (χ0n) is 23.9. The van der Waals surface area contributed by atoms with Gasteiger partial charge >= 0.3 is 0 Å². The molecule has 0 aliphatic heterocycles. The molecule has 0 bridgehead atoms. The lowest BCUT2D eigenvalue weighted by atomic mass is 10.0. The fourth-order valence-electron chi connectivity index (χ4n) is 4.35. The molecule has 0 spiro atoms. The van der Waals surface area contributed by atoms with Crippen molar-refractivity contribution in [2.24, 2.45) is 0 Å². The smallest absolute Gasteiger partial charge is 0.251 e. The lowest BCUT2D eigenvalue weighted by Crippen LogP contribution is -2.41. The summed E-state index contributed by atoms with van der Waals surface area (Å²) in [7, 11) is 3.92. The minimum absolute atomic E-state index is 0.0731. The molecule has 9 heteroatoms. The normalized spacial score (nSPS) is 11.6. The van der Waals surface area contributed by atoms with Crippen LogP contribution in [0.5, 0.6) is 0 Å².